The highest BCUT2D eigenvalue weighted by molar-refractivity contribution is 6.00. The van der Waals surface area contributed by atoms with Crippen LogP contribution in [0.1, 0.15) is 61.5 Å². The van der Waals surface area contributed by atoms with Crippen LogP contribution >= 0.6 is 12.4 Å². The van der Waals surface area contributed by atoms with Crippen LogP contribution in [0.4, 0.5) is 0 Å². The van der Waals surface area contributed by atoms with Crippen LogP contribution in [0.25, 0.3) is 0 Å². The zero-order valence-electron chi connectivity index (χ0n) is 15.4. The van der Waals surface area contributed by atoms with E-state index >= 15 is 0 Å². The average molecular weight is 360 g/mol. The van der Waals surface area contributed by atoms with Crippen LogP contribution in [0.2, 0.25) is 0 Å². The van der Waals surface area contributed by atoms with Gasteiger partial charge in [-0.05, 0) is 31.5 Å². The van der Waals surface area contributed by atoms with Gasteiger partial charge in [0.05, 0.1) is 6.04 Å². The van der Waals surface area contributed by atoms with Gasteiger partial charge in [0.25, 0.3) is 0 Å². The quantitative estimate of drug-likeness (QED) is 0.489. The lowest BCUT2D eigenvalue weighted by molar-refractivity contribution is 0.0810. The Hall–Kier alpha value is -1.64. The summed E-state index contributed by atoms with van der Waals surface area (Å²) in [6.45, 7) is 6.34. The van der Waals surface area contributed by atoms with E-state index in [0.717, 1.165) is 49.9 Å². The maximum absolute atomic E-state index is 13.3. The molecule has 0 fully saturated rings. The van der Waals surface area contributed by atoms with Gasteiger partial charge in [-0.1, -0.05) is 87.4 Å². The summed E-state index contributed by atoms with van der Waals surface area (Å²) >= 11 is 0. The van der Waals surface area contributed by atoms with Crippen LogP contribution in [0.5, 0.6) is 0 Å². The highest BCUT2D eigenvalue weighted by atomic mass is 35.5. The molecule has 2 aromatic carbocycles. The van der Waals surface area contributed by atoms with E-state index in [0.29, 0.717) is 0 Å². The zero-order chi connectivity index (χ0) is 17.2. The first-order chi connectivity index (χ1) is 11.8. The molecule has 1 unspecified atom stereocenters. The van der Waals surface area contributed by atoms with Crippen molar-refractivity contribution >= 4 is 18.2 Å². The number of Topliss-reactive ketones (excluding diaryl/α,β-unsaturated/α-hetero) is 1. The van der Waals surface area contributed by atoms with Crippen molar-refractivity contribution in [3.05, 3.63) is 71.8 Å². The molecular weight excluding hydrogens is 330 g/mol. The molecule has 0 saturated heterocycles. The Kier molecular flexibility index (Phi) is 10.1. The number of rotatable bonds is 10. The van der Waals surface area contributed by atoms with Crippen molar-refractivity contribution in [3.8, 4) is 0 Å². The van der Waals surface area contributed by atoms with Gasteiger partial charge in [0.1, 0.15) is 0 Å². The van der Waals surface area contributed by atoms with Crippen LogP contribution in [0.3, 0.4) is 0 Å². The first kappa shape index (κ1) is 21.4. The highest BCUT2D eigenvalue weighted by Gasteiger charge is 2.27. The number of nitrogens with zero attached hydrogens (tertiary/aromatic N) is 1. The summed E-state index contributed by atoms with van der Waals surface area (Å²) in [6.07, 6.45) is 4.53. The molecule has 2 nitrogen and oxygen atoms in total. The predicted octanol–water partition coefficient (Wildman–Crippen LogP) is 5.93. The van der Waals surface area contributed by atoms with Crippen molar-refractivity contribution in [2.45, 2.75) is 45.6 Å². The number of halogens is 1. The van der Waals surface area contributed by atoms with Crippen LogP contribution < -0.4 is 0 Å². The van der Waals surface area contributed by atoms with Gasteiger partial charge in [-0.15, -0.1) is 12.4 Å². The zero-order valence-corrected chi connectivity index (χ0v) is 16.2. The number of hydrogen-bond acceptors (Lipinski definition) is 2. The molecule has 0 bridgehead atoms. The molecule has 1 atom stereocenters. The Morgan fingerprint density at radius 1 is 0.840 bits per heavy atom. The fourth-order valence-electron chi connectivity index (χ4n) is 3.02. The molecule has 0 aliphatic rings. The monoisotopic (exact) mass is 359 g/mol. The number of carbonyl (C=O) groups excluding carboxylic acids is 1. The van der Waals surface area contributed by atoms with E-state index in [9.17, 15) is 4.79 Å². The maximum atomic E-state index is 13.3. The van der Waals surface area contributed by atoms with Gasteiger partial charge in [-0.2, -0.15) is 0 Å². The van der Waals surface area contributed by atoms with Crippen LogP contribution in [-0.4, -0.2) is 23.8 Å². The molecule has 0 radical (unpaired) electrons. The first-order valence-corrected chi connectivity index (χ1v) is 9.16. The standard InChI is InChI=1S/C22H29NO.ClH/c1-3-5-17-23(18-6-4-2)21(19-13-9-7-10-14-19)22(24)20-15-11-8-12-16-20;/h7-16,21H,3-6,17-18H2,1-2H3;1H. The number of benzene rings is 2. The van der Waals surface area contributed by atoms with Crippen molar-refractivity contribution in [3.63, 3.8) is 0 Å². The van der Waals surface area contributed by atoms with Crippen LogP contribution in [-0.2, 0) is 0 Å². The molecular formula is C22H30ClNO. The molecule has 2 aromatic rings. The van der Waals surface area contributed by atoms with Crippen molar-refractivity contribution in [2.75, 3.05) is 13.1 Å². The van der Waals surface area contributed by atoms with Gasteiger partial charge < -0.3 is 0 Å². The fraction of sp³-hybridized carbons (Fsp3) is 0.409. The number of unbranched alkanes of at least 4 members (excludes halogenated alkanes) is 2. The van der Waals surface area contributed by atoms with Crippen molar-refractivity contribution < 1.29 is 4.79 Å². The molecule has 0 N–H and O–H groups in total. The van der Waals surface area contributed by atoms with Crippen molar-refractivity contribution in [1.29, 1.82) is 0 Å². The molecule has 25 heavy (non-hydrogen) atoms. The van der Waals surface area contributed by atoms with Crippen LogP contribution in [0.15, 0.2) is 60.7 Å². The maximum Gasteiger partial charge on any atom is 0.184 e. The minimum Gasteiger partial charge on any atom is -0.292 e. The van der Waals surface area contributed by atoms with E-state index in [1.54, 1.807) is 0 Å². The molecule has 0 aliphatic carbocycles. The lowest BCUT2D eigenvalue weighted by Gasteiger charge is -2.31. The second kappa shape index (κ2) is 11.8. The minimum absolute atomic E-state index is 0. The smallest absolute Gasteiger partial charge is 0.184 e. The van der Waals surface area contributed by atoms with Gasteiger partial charge in [0.2, 0.25) is 0 Å². The first-order valence-electron chi connectivity index (χ1n) is 9.16. The van der Waals surface area contributed by atoms with E-state index in [2.05, 4.69) is 30.9 Å². The summed E-state index contributed by atoms with van der Waals surface area (Å²) < 4.78 is 0. The molecule has 0 spiro atoms. The molecule has 136 valence electrons. The average Bonchev–Trinajstić information content (AvgIpc) is 2.65. The third kappa shape index (κ3) is 6.30. The third-order valence-corrected chi connectivity index (χ3v) is 4.38. The van der Waals surface area contributed by atoms with E-state index < -0.39 is 0 Å². The Morgan fingerprint density at radius 3 is 1.80 bits per heavy atom. The molecule has 0 saturated carbocycles. The van der Waals surface area contributed by atoms with Gasteiger partial charge in [0, 0.05) is 5.56 Å². The lowest BCUT2D eigenvalue weighted by atomic mass is 9.95. The Labute approximate surface area is 158 Å². The molecule has 0 aliphatic heterocycles. The predicted molar refractivity (Wildman–Crippen MR) is 109 cm³/mol. The number of ketones is 1. The van der Waals surface area contributed by atoms with Crippen LogP contribution in [0, 0.1) is 0 Å². The normalized spacial score (nSPS) is 11.8. The molecule has 0 aromatic heterocycles. The fourth-order valence-corrected chi connectivity index (χ4v) is 3.02. The van der Waals surface area contributed by atoms with Gasteiger partial charge >= 0.3 is 0 Å². The van der Waals surface area contributed by atoms with Gasteiger partial charge in [-0.3, -0.25) is 9.69 Å². The summed E-state index contributed by atoms with van der Waals surface area (Å²) in [5.74, 6) is 0.203. The van der Waals surface area contributed by atoms with E-state index in [-0.39, 0.29) is 24.2 Å². The lowest BCUT2D eigenvalue weighted by Crippen LogP contribution is -2.36. The Morgan fingerprint density at radius 2 is 1.32 bits per heavy atom. The molecule has 3 heteroatoms. The Bertz CT molecular complexity index is 592. The van der Waals surface area contributed by atoms with Crippen molar-refractivity contribution in [2.24, 2.45) is 0 Å². The van der Waals surface area contributed by atoms with Gasteiger partial charge in [-0.25, -0.2) is 0 Å². The van der Waals surface area contributed by atoms with E-state index in [4.69, 9.17) is 0 Å². The molecule has 0 heterocycles. The number of hydrogen-bond donors (Lipinski definition) is 0. The van der Waals surface area contributed by atoms with Crippen molar-refractivity contribution in [1.82, 2.24) is 4.90 Å². The summed E-state index contributed by atoms with van der Waals surface area (Å²) in [7, 11) is 0. The van der Waals surface area contributed by atoms with Gasteiger partial charge in [0.15, 0.2) is 5.78 Å². The second-order valence-electron chi connectivity index (χ2n) is 6.29. The topological polar surface area (TPSA) is 20.3 Å². The SMILES string of the molecule is CCCCN(CCCC)C(C(=O)c1ccccc1)c1ccccc1.Cl. The molecule has 0 amide bonds. The summed E-state index contributed by atoms with van der Waals surface area (Å²) in [6, 6.07) is 19.7. The summed E-state index contributed by atoms with van der Waals surface area (Å²) in [5, 5.41) is 0. The largest absolute Gasteiger partial charge is 0.292 e. The summed E-state index contributed by atoms with van der Waals surface area (Å²) in [5.41, 5.74) is 1.89. The number of carbonyl (C=O) groups is 1. The minimum atomic E-state index is -0.188. The second-order valence-corrected chi connectivity index (χ2v) is 6.29. The highest BCUT2D eigenvalue weighted by Crippen LogP contribution is 2.26. The van der Waals surface area contributed by atoms with E-state index in [1.165, 1.54) is 0 Å². The third-order valence-electron chi connectivity index (χ3n) is 4.38. The summed E-state index contributed by atoms with van der Waals surface area (Å²) in [4.78, 5) is 15.6. The molecule has 2 rings (SSSR count). The van der Waals surface area contributed by atoms with E-state index in [1.807, 2.05) is 48.5 Å². The Balaban J connectivity index is 0.00000312.